The highest BCUT2D eigenvalue weighted by Crippen LogP contribution is 2.25. The topological polar surface area (TPSA) is 79.7 Å². The number of ether oxygens (including phenoxy) is 3. The van der Waals surface area contributed by atoms with Gasteiger partial charge in [-0.2, -0.15) is 5.10 Å². The van der Waals surface area contributed by atoms with E-state index in [0.717, 1.165) is 0 Å². The van der Waals surface area contributed by atoms with Gasteiger partial charge >= 0.3 is 5.97 Å². The SMILES string of the molecule is COc1ccc(OC)c(C(=O)COC(=O)c2c(C)nn(CC(C)C)c2Cl)c1. The van der Waals surface area contributed by atoms with E-state index >= 15 is 0 Å². The van der Waals surface area contributed by atoms with Gasteiger partial charge in [0.25, 0.3) is 0 Å². The fraction of sp³-hybridized carbons (Fsp3) is 0.421. The summed E-state index contributed by atoms with van der Waals surface area (Å²) in [5.41, 5.74) is 0.891. The first-order valence-electron chi connectivity index (χ1n) is 8.43. The van der Waals surface area contributed by atoms with E-state index in [0.29, 0.717) is 29.7 Å². The molecule has 146 valence electrons. The van der Waals surface area contributed by atoms with Crippen LogP contribution in [0.2, 0.25) is 5.15 Å². The summed E-state index contributed by atoms with van der Waals surface area (Å²) in [6.45, 7) is 5.84. The van der Waals surface area contributed by atoms with E-state index in [-0.39, 0.29) is 16.3 Å². The number of carbonyl (C=O) groups excluding carboxylic acids is 2. The molecule has 0 unspecified atom stereocenters. The lowest BCUT2D eigenvalue weighted by Crippen LogP contribution is -2.16. The van der Waals surface area contributed by atoms with Gasteiger partial charge in [0.15, 0.2) is 6.61 Å². The Kier molecular flexibility index (Phi) is 6.85. The Morgan fingerprint density at radius 3 is 2.52 bits per heavy atom. The third-order valence-corrected chi connectivity index (χ3v) is 4.23. The van der Waals surface area contributed by atoms with Crippen LogP contribution < -0.4 is 9.47 Å². The molecule has 0 spiro atoms. The number of aromatic nitrogens is 2. The van der Waals surface area contributed by atoms with Crippen molar-refractivity contribution in [3.05, 3.63) is 40.2 Å². The molecule has 0 N–H and O–H groups in total. The van der Waals surface area contributed by atoms with Gasteiger partial charge in [0.05, 0.1) is 25.5 Å². The molecule has 0 fully saturated rings. The molecule has 0 bridgehead atoms. The van der Waals surface area contributed by atoms with Crippen LogP contribution in [0.4, 0.5) is 0 Å². The summed E-state index contributed by atoms with van der Waals surface area (Å²) in [6.07, 6.45) is 0. The van der Waals surface area contributed by atoms with Crippen molar-refractivity contribution >= 4 is 23.4 Å². The lowest BCUT2D eigenvalue weighted by Gasteiger charge is -2.10. The van der Waals surface area contributed by atoms with Crippen LogP contribution in [0.1, 0.15) is 40.3 Å². The van der Waals surface area contributed by atoms with Crippen LogP contribution in [0, 0.1) is 12.8 Å². The molecule has 0 aliphatic carbocycles. The summed E-state index contributed by atoms with van der Waals surface area (Å²) >= 11 is 6.27. The van der Waals surface area contributed by atoms with Crippen LogP contribution in [0.15, 0.2) is 18.2 Å². The van der Waals surface area contributed by atoms with Crippen molar-refractivity contribution in [2.75, 3.05) is 20.8 Å². The Morgan fingerprint density at radius 1 is 1.22 bits per heavy atom. The first-order chi connectivity index (χ1) is 12.8. The number of aryl methyl sites for hydroxylation is 1. The molecule has 0 radical (unpaired) electrons. The van der Waals surface area contributed by atoms with E-state index in [9.17, 15) is 9.59 Å². The van der Waals surface area contributed by atoms with E-state index in [2.05, 4.69) is 5.10 Å². The molecule has 0 saturated heterocycles. The molecule has 2 rings (SSSR count). The van der Waals surface area contributed by atoms with E-state index < -0.39 is 18.4 Å². The molecule has 0 aliphatic heterocycles. The van der Waals surface area contributed by atoms with Gasteiger partial charge in [0.1, 0.15) is 22.2 Å². The maximum atomic E-state index is 12.5. The minimum absolute atomic E-state index is 0.169. The van der Waals surface area contributed by atoms with Gasteiger partial charge in [-0.3, -0.25) is 9.48 Å². The van der Waals surface area contributed by atoms with Crippen LogP contribution in [0.25, 0.3) is 0 Å². The standard InChI is InChI=1S/C19H23ClN2O5/c1-11(2)9-22-18(20)17(12(3)21-22)19(24)27-10-15(23)14-8-13(25-4)6-7-16(14)26-5/h6-8,11H,9-10H2,1-5H3. The van der Waals surface area contributed by atoms with Crippen molar-refractivity contribution in [3.63, 3.8) is 0 Å². The number of ketones is 1. The average molecular weight is 395 g/mol. The smallest absolute Gasteiger partial charge is 0.343 e. The van der Waals surface area contributed by atoms with Crippen molar-refractivity contribution < 1.29 is 23.8 Å². The number of nitrogens with zero attached hydrogens (tertiary/aromatic N) is 2. The zero-order valence-electron chi connectivity index (χ0n) is 16.0. The number of Topliss-reactive ketones (excluding diaryl/α,β-unsaturated/α-hetero) is 1. The highest BCUT2D eigenvalue weighted by Gasteiger charge is 2.23. The third kappa shape index (κ3) is 4.80. The van der Waals surface area contributed by atoms with Crippen molar-refractivity contribution in [2.24, 2.45) is 5.92 Å². The van der Waals surface area contributed by atoms with Gasteiger partial charge in [-0.25, -0.2) is 4.79 Å². The molecule has 0 atom stereocenters. The summed E-state index contributed by atoms with van der Waals surface area (Å²) in [5, 5.41) is 4.48. The summed E-state index contributed by atoms with van der Waals surface area (Å²) < 4.78 is 17.0. The second kappa shape index (κ2) is 8.90. The number of esters is 1. The van der Waals surface area contributed by atoms with Crippen LogP contribution in [-0.4, -0.2) is 42.4 Å². The van der Waals surface area contributed by atoms with E-state index in [4.69, 9.17) is 25.8 Å². The predicted octanol–water partition coefficient (Wildman–Crippen LogP) is 3.56. The quantitative estimate of drug-likeness (QED) is 0.503. The molecule has 8 heteroatoms. The minimum Gasteiger partial charge on any atom is -0.497 e. The molecule has 1 aromatic heterocycles. The largest absolute Gasteiger partial charge is 0.497 e. The summed E-state index contributed by atoms with van der Waals surface area (Å²) in [7, 11) is 2.95. The molecule has 0 aliphatic rings. The number of hydrogen-bond acceptors (Lipinski definition) is 6. The molecular weight excluding hydrogens is 372 g/mol. The molecule has 2 aromatic rings. The monoisotopic (exact) mass is 394 g/mol. The fourth-order valence-corrected chi connectivity index (χ4v) is 2.89. The van der Waals surface area contributed by atoms with Gasteiger partial charge in [0.2, 0.25) is 5.78 Å². The van der Waals surface area contributed by atoms with Crippen LogP contribution in [0.3, 0.4) is 0 Å². The molecule has 0 saturated carbocycles. The van der Waals surface area contributed by atoms with Crippen molar-refractivity contribution in [2.45, 2.75) is 27.3 Å². The molecule has 1 aromatic carbocycles. The van der Waals surface area contributed by atoms with Crippen molar-refractivity contribution in [1.29, 1.82) is 0 Å². The zero-order chi connectivity index (χ0) is 20.1. The molecule has 0 amide bonds. The number of benzene rings is 1. The highest BCUT2D eigenvalue weighted by atomic mass is 35.5. The lowest BCUT2D eigenvalue weighted by molar-refractivity contribution is 0.0473. The molecular formula is C19H23ClN2O5. The van der Waals surface area contributed by atoms with Crippen LogP contribution in [-0.2, 0) is 11.3 Å². The maximum absolute atomic E-state index is 12.5. The Labute approximate surface area is 163 Å². The second-order valence-corrected chi connectivity index (χ2v) is 6.75. The van der Waals surface area contributed by atoms with Gasteiger partial charge < -0.3 is 14.2 Å². The molecule has 7 nitrogen and oxygen atoms in total. The number of hydrogen-bond donors (Lipinski definition) is 0. The first-order valence-corrected chi connectivity index (χ1v) is 8.81. The Balaban J connectivity index is 2.14. The Bertz CT molecular complexity index is 845. The zero-order valence-corrected chi connectivity index (χ0v) is 16.8. The highest BCUT2D eigenvalue weighted by molar-refractivity contribution is 6.32. The van der Waals surface area contributed by atoms with Crippen molar-refractivity contribution in [3.8, 4) is 11.5 Å². The number of rotatable bonds is 8. The van der Waals surface area contributed by atoms with Crippen LogP contribution in [0.5, 0.6) is 11.5 Å². The van der Waals surface area contributed by atoms with Gasteiger partial charge in [0, 0.05) is 6.54 Å². The second-order valence-electron chi connectivity index (χ2n) is 6.39. The summed E-state index contributed by atoms with van der Waals surface area (Å²) in [6, 6.07) is 4.83. The first kappa shape index (κ1) is 20.8. The molecule has 1 heterocycles. The average Bonchev–Trinajstić information content (AvgIpc) is 2.91. The summed E-state index contributed by atoms with van der Waals surface area (Å²) in [4.78, 5) is 24.9. The predicted molar refractivity (Wildman–Crippen MR) is 101 cm³/mol. The van der Waals surface area contributed by atoms with Gasteiger partial charge in [-0.1, -0.05) is 25.4 Å². The van der Waals surface area contributed by atoms with Crippen LogP contribution >= 0.6 is 11.6 Å². The van der Waals surface area contributed by atoms with Crippen molar-refractivity contribution in [1.82, 2.24) is 9.78 Å². The maximum Gasteiger partial charge on any atom is 0.343 e. The number of halogens is 1. The Hall–Kier alpha value is -2.54. The summed E-state index contributed by atoms with van der Waals surface area (Å²) in [5.74, 6) is 0.0769. The Morgan fingerprint density at radius 2 is 1.93 bits per heavy atom. The number of carbonyl (C=O) groups is 2. The van der Waals surface area contributed by atoms with Gasteiger partial charge in [-0.15, -0.1) is 0 Å². The lowest BCUT2D eigenvalue weighted by atomic mass is 10.1. The van der Waals surface area contributed by atoms with E-state index in [1.165, 1.54) is 20.3 Å². The molecule has 27 heavy (non-hydrogen) atoms. The van der Waals surface area contributed by atoms with Gasteiger partial charge in [-0.05, 0) is 31.0 Å². The van der Waals surface area contributed by atoms with E-state index in [1.54, 1.807) is 23.7 Å². The number of methoxy groups -OCH3 is 2. The van der Waals surface area contributed by atoms with E-state index in [1.807, 2.05) is 13.8 Å². The normalized spacial score (nSPS) is 10.8. The third-order valence-electron chi connectivity index (χ3n) is 3.85. The minimum atomic E-state index is -0.692. The fourth-order valence-electron chi connectivity index (χ4n) is 2.57.